The van der Waals surface area contributed by atoms with Crippen molar-refractivity contribution in [1.82, 2.24) is 9.88 Å². The molecule has 1 fully saturated rings. The number of carboxylic acid groups (broad SMARTS) is 1. The van der Waals surface area contributed by atoms with Gasteiger partial charge in [0.25, 0.3) is 5.91 Å². The quantitative estimate of drug-likeness (QED) is 0.878. The van der Waals surface area contributed by atoms with Crippen LogP contribution < -0.4 is 5.32 Å². The second kappa shape index (κ2) is 5.85. The van der Waals surface area contributed by atoms with E-state index in [0.29, 0.717) is 36.8 Å². The zero-order valence-corrected chi connectivity index (χ0v) is 11.9. The smallest absolute Gasteiger partial charge is 0.311 e. The van der Waals surface area contributed by atoms with Crippen LogP contribution in [0.15, 0.2) is 12.3 Å². The van der Waals surface area contributed by atoms with Crippen LogP contribution in [0.3, 0.4) is 0 Å². The second-order valence-electron chi connectivity index (χ2n) is 5.03. The van der Waals surface area contributed by atoms with Crippen molar-refractivity contribution in [3.8, 4) is 0 Å². The zero-order chi connectivity index (χ0) is 14.8. The number of amides is 1. The highest BCUT2D eigenvalue weighted by Gasteiger charge is 2.40. The van der Waals surface area contributed by atoms with Gasteiger partial charge in [0.2, 0.25) is 0 Å². The first-order chi connectivity index (χ1) is 9.44. The molecule has 0 saturated carbocycles. The lowest BCUT2D eigenvalue weighted by Gasteiger charge is -2.33. The lowest BCUT2D eigenvalue weighted by molar-refractivity contribution is -0.154. The molecule has 1 amide bonds. The molecule has 0 aliphatic carbocycles. The molecule has 0 aromatic carbocycles. The van der Waals surface area contributed by atoms with Crippen molar-refractivity contribution in [3.63, 3.8) is 0 Å². The summed E-state index contributed by atoms with van der Waals surface area (Å²) >= 11 is 5.82. The van der Waals surface area contributed by atoms with Crippen LogP contribution in [0, 0.1) is 5.41 Å². The molecule has 2 heterocycles. The van der Waals surface area contributed by atoms with Crippen LogP contribution in [0.1, 0.15) is 23.3 Å². The first kappa shape index (κ1) is 14.9. The van der Waals surface area contributed by atoms with Gasteiger partial charge in [-0.3, -0.25) is 9.59 Å². The highest BCUT2D eigenvalue weighted by Crippen LogP contribution is 2.30. The number of carbonyl (C=O) groups excluding carboxylic acids is 1. The summed E-state index contributed by atoms with van der Waals surface area (Å²) in [5, 5.41) is 12.6. The van der Waals surface area contributed by atoms with Gasteiger partial charge in [0.05, 0.1) is 10.4 Å². The van der Waals surface area contributed by atoms with Crippen molar-refractivity contribution >= 4 is 23.5 Å². The number of rotatable bonds is 4. The second-order valence-corrected chi connectivity index (χ2v) is 5.47. The van der Waals surface area contributed by atoms with Crippen molar-refractivity contribution < 1.29 is 19.4 Å². The maximum atomic E-state index is 12.1. The maximum Gasteiger partial charge on any atom is 0.311 e. The average Bonchev–Trinajstić information content (AvgIpc) is 2.76. The Labute approximate surface area is 121 Å². The maximum absolute atomic E-state index is 12.1. The Hall–Kier alpha value is -1.53. The Morgan fingerprint density at radius 3 is 2.65 bits per heavy atom. The Balaban J connectivity index is 2.04. The molecule has 1 aromatic rings. The molecule has 1 aliphatic heterocycles. The van der Waals surface area contributed by atoms with Gasteiger partial charge in [-0.15, -0.1) is 0 Å². The number of nitrogens with zero attached hydrogens (tertiary/aromatic N) is 1. The molecule has 2 N–H and O–H groups in total. The normalized spacial score (nSPS) is 17.7. The minimum atomic E-state index is -0.942. The molecule has 1 aliphatic rings. The van der Waals surface area contributed by atoms with Crippen molar-refractivity contribution in [1.29, 1.82) is 0 Å². The minimum Gasteiger partial charge on any atom is -0.481 e. The molecule has 1 aromatic heterocycles. The van der Waals surface area contributed by atoms with E-state index in [4.69, 9.17) is 16.3 Å². The third-order valence-electron chi connectivity index (χ3n) is 3.70. The monoisotopic (exact) mass is 300 g/mol. The molecule has 1 saturated heterocycles. The number of nitrogens with one attached hydrogen (secondary N) is 1. The number of ether oxygens (including phenoxy) is 1. The third kappa shape index (κ3) is 2.96. The van der Waals surface area contributed by atoms with Gasteiger partial charge in [0, 0.05) is 33.0 Å². The average molecular weight is 301 g/mol. The number of carboxylic acids is 1. The molecule has 20 heavy (non-hydrogen) atoms. The van der Waals surface area contributed by atoms with Crippen LogP contribution in [0.2, 0.25) is 5.02 Å². The van der Waals surface area contributed by atoms with E-state index in [2.05, 4.69) is 5.32 Å². The third-order valence-corrected chi connectivity index (χ3v) is 3.90. The summed E-state index contributed by atoms with van der Waals surface area (Å²) in [6, 6.07) is 1.55. The Morgan fingerprint density at radius 1 is 1.50 bits per heavy atom. The number of aromatic nitrogens is 1. The van der Waals surface area contributed by atoms with Crippen LogP contribution in [0.25, 0.3) is 0 Å². The number of aryl methyl sites for hydroxylation is 1. The van der Waals surface area contributed by atoms with E-state index in [-0.39, 0.29) is 12.5 Å². The lowest BCUT2D eigenvalue weighted by atomic mass is 9.80. The van der Waals surface area contributed by atoms with E-state index in [1.807, 2.05) is 0 Å². The molecule has 0 bridgehead atoms. The van der Waals surface area contributed by atoms with Gasteiger partial charge >= 0.3 is 5.97 Å². The van der Waals surface area contributed by atoms with Gasteiger partial charge in [-0.1, -0.05) is 11.6 Å². The van der Waals surface area contributed by atoms with Gasteiger partial charge in [-0.2, -0.15) is 0 Å². The van der Waals surface area contributed by atoms with Crippen molar-refractivity contribution in [2.75, 3.05) is 19.8 Å². The Morgan fingerprint density at radius 2 is 2.15 bits per heavy atom. The first-order valence-electron chi connectivity index (χ1n) is 6.36. The highest BCUT2D eigenvalue weighted by atomic mass is 35.5. The van der Waals surface area contributed by atoms with E-state index >= 15 is 0 Å². The summed E-state index contributed by atoms with van der Waals surface area (Å²) in [5.41, 5.74) is -0.536. The SMILES string of the molecule is Cn1cc(Cl)cc1C(=O)NCC1(C(=O)O)CCOCC1. The molecule has 0 radical (unpaired) electrons. The van der Waals surface area contributed by atoms with Crippen LogP contribution in [-0.2, 0) is 16.6 Å². The summed E-state index contributed by atoms with van der Waals surface area (Å²) in [4.78, 5) is 23.5. The molecule has 0 unspecified atom stereocenters. The highest BCUT2D eigenvalue weighted by molar-refractivity contribution is 6.31. The lowest BCUT2D eigenvalue weighted by Crippen LogP contribution is -2.46. The largest absolute Gasteiger partial charge is 0.481 e. The molecule has 0 spiro atoms. The van der Waals surface area contributed by atoms with Crippen molar-refractivity contribution in [2.45, 2.75) is 12.8 Å². The number of hydrogen-bond acceptors (Lipinski definition) is 3. The van der Waals surface area contributed by atoms with Gasteiger partial charge in [-0.05, 0) is 18.9 Å². The van der Waals surface area contributed by atoms with Crippen molar-refractivity contribution in [3.05, 3.63) is 23.0 Å². The number of aliphatic carboxylic acids is 1. The molecule has 2 rings (SSSR count). The van der Waals surface area contributed by atoms with Gasteiger partial charge < -0.3 is 19.7 Å². The Bertz CT molecular complexity index is 520. The van der Waals surface area contributed by atoms with Gasteiger partial charge in [-0.25, -0.2) is 0 Å². The van der Waals surface area contributed by atoms with Gasteiger partial charge in [0.15, 0.2) is 0 Å². The molecule has 6 nitrogen and oxygen atoms in total. The fourth-order valence-electron chi connectivity index (χ4n) is 2.32. The van der Waals surface area contributed by atoms with E-state index in [9.17, 15) is 14.7 Å². The number of hydrogen-bond donors (Lipinski definition) is 2. The predicted octanol–water partition coefficient (Wildman–Crippen LogP) is 1.29. The van der Waals surface area contributed by atoms with E-state index in [1.54, 1.807) is 23.9 Å². The van der Waals surface area contributed by atoms with Crippen LogP contribution in [0.5, 0.6) is 0 Å². The topological polar surface area (TPSA) is 80.6 Å². The molecular weight excluding hydrogens is 284 g/mol. The number of halogens is 1. The summed E-state index contributed by atoms with van der Waals surface area (Å²) in [6.45, 7) is 0.892. The van der Waals surface area contributed by atoms with Crippen molar-refractivity contribution in [2.24, 2.45) is 12.5 Å². The van der Waals surface area contributed by atoms with Crippen LogP contribution in [-0.4, -0.2) is 41.3 Å². The molecular formula is C13H17ClN2O4. The summed E-state index contributed by atoms with van der Waals surface area (Å²) in [5.74, 6) is -1.22. The standard InChI is InChI=1S/C13H17ClN2O4/c1-16-7-9(14)6-10(16)11(17)15-8-13(12(18)19)2-4-20-5-3-13/h6-7H,2-5,8H2,1H3,(H,15,17)(H,18,19). The van der Waals surface area contributed by atoms with Gasteiger partial charge in [0.1, 0.15) is 5.69 Å². The molecule has 0 atom stereocenters. The predicted molar refractivity (Wildman–Crippen MR) is 72.9 cm³/mol. The van der Waals surface area contributed by atoms with E-state index in [1.165, 1.54) is 0 Å². The van der Waals surface area contributed by atoms with Crippen LogP contribution >= 0.6 is 11.6 Å². The van der Waals surface area contributed by atoms with E-state index in [0.717, 1.165) is 0 Å². The Kier molecular flexibility index (Phi) is 4.35. The first-order valence-corrected chi connectivity index (χ1v) is 6.74. The fraction of sp³-hybridized carbons (Fsp3) is 0.538. The fourth-order valence-corrected chi connectivity index (χ4v) is 2.57. The summed E-state index contributed by atoms with van der Waals surface area (Å²) < 4.78 is 6.80. The summed E-state index contributed by atoms with van der Waals surface area (Å²) in [6.07, 6.45) is 2.42. The van der Waals surface area contributed by atoms with Crippen LogP contribution in [0.4, 0.5) is 0 Å². The molecule has 110 valence electrons. The van der Waals surface area contributed by atoms with E-state index < -0.39 is 11.4 Å². The minimum absolute atomic E-state index is 0.0906. The number of carbonyl (C=O) groups is 2. The summed E-state index contributed by atoms with van der Waals surface area (Å²) in [7, 11) is 1.71. The molecule has 7 heteroatoms. The zero-order valence-electron chi connectivity index (χ0n) is 11.2.